The van der Waals surface area contributed by atoms with Gasteiger partial charge in [0.2, 0.25) is 11.8 Å². The zero-order chi connectivity index (χ0) is 24.0. The molecule has 33 heavy (non-hydrogen) atoms. The zero-order valence-electron chi connectivity index (χ0n) is 20.4. The van der Waals surface area contributed by atoms with E-state index in [1.165, 1.54) is 4.88 Å². The van der Waals surface area contributed by atoms with Crippen LogP contribution in [0.1, 0.15) is 57.0 Å². The molecule has 180 valence electrons. The van der Waals surface area contributed by atoms with Gasteiger partial charge < -0.3 is 19.3 Å². The average Bonchev–Trinajstić information content (AvgIpc) is 3.29. The molecule has 0 N–H and O–H groups in total. The van der Waals surface area contributed by atoms with Gasteiger partial charge in [-0.05, 0) is 54.8 Å². The van der Waals surface area contributed by atoms with Crippen LogP contribution >= 0.6 is 11.3 Å². The fourth-order valence-corrected chi connectivity index (χ4v) is 5.08. The maximum absolute atomic E-state index is 13.5. The number of hydrogen-bond donors (Lipinski definition) is 0. The molecule has 0 fully saturated rings. The van der Waals surface area contributed by atoms with Crippen LogP contribution in [0, 0.1) is 5.92 Å². The molecule has 0 radical (unpaired) electrons. The third-order valence-corrected chi connectivity index (χ3v) is 7.19. The Balaban J connectivity index is 1.78. The molecule has 0 unspecified atom stereocenters. The van der Waals surface area contributed by atoms with Crippen LogP contribution in [0.25, 0.3) is 0 Å². The molecule has 1 aliphatic rings. The van der Waals surface area contributed by atoms with Crippen LogP contribution in [-0.4, -0.2) is 54.5 Å². The Labute approximate surface area is 201 Å². The van der Waals surface area contributed by atoms with Crippen molar-refractivity contribution in [2.45, 2.75) is 59.0 Å². The second kappa shape index (κ2) is 11.5. The Morgan fingerprint density at radius 2 is 1.97 bits per heavy atom. The predicted octanol–water partition coefficient (Wildman–Crippen LogP) is 4.93. The van der Waals surface area contributed by atoms with Crippen LogP contribution in [0.3, 0.4) is 0 Å². The Kier molecular flexibility index (Phi) is 8.78. The summed E-state index contributed by atoms with van der Waals surface area (Å²) in [5.74, 6) is 1.71. The van der Waals surface area contributed by atoms with Crippen LogP contribution in [-0.2, 0) is 16.0 Å². The summed E-state index contributed by atoms with van der Waals surface area (Å²) < 4.78 is 11.4. The first-order chi connectivity index (χ1) is 15.8. The van der Waals surface area contributed by atoms with Crippen LogP contribution < -0.4 is 9.47 Å². The Morgan fingerprint density at radius 3 is 2.67 bits per heavy atom. The van der Waals surface area contributed by atoms with Gasteiger partial charge in [0.05, 0.1) is 13.2 Å². The van der Waals surface area contributed by atoms with Gasteiger partial charge in [-0.2, -0.15) is 0 Å². The highest BCUT2D eigenvalue weighted by Crippen LogP contribution is 2.34. The van der Waals surface area contributed by atoms with Crippen molar-refractivity contribution >= 4 is 23.2 Å². The number of fused-ring (bicyclic) bond motifs is 1. The average molecular weight is 473 g/mol. The molecule has 2 amide bonds. The van der Waals surface area contributed by atoms with Gasteiger partial charge in [-0.15, -0.1) is 11.3 Å². The van der Waals surface area contributed by atoms with E-state index in [0.29, 0.717) is 25.3 Å². The number of rotatable bonds is 10. The number of carbonyl (C=O) groups excluding carboxylic acids is 2. The number of nitrogens with zero attached hydrogens (tertiary/aromatic N) is 2. The van der Waals surface area contributed by atoms with Crippen molar-refractivity contribution in [3.8, 4) is 11.5 Å². The number of thiophene rings is 1. The lowest BCUT2D eigenvalue weighted by Crippen LogP contribution is -2.50. The van der Waals surface area contributed by atoms with Crippen LogP contribution in [0.2, 0.25) is 0 Å². The molecule has 1 aromatic carbocycles. The first-order valence-corrected chi connectivity index (χ1v) is 12.6. The molecule has 2 heterocycles. The van der Waals surface area contributed by atoms with Crippen molar-refractivity contribution in [2.75, 3.05) is 26.8 Å². The molecule has 0 saturated carbocycles. The summed E-state index contributed by atoms with van der Waals surface area (Å²) in [7, 11) is 1.63. The molecule has 6 nitrogen and oxygen atoms in total. The van der Waals surface area contributed by atoms with Crippen molar-refractivity contribution in [1.29, 1.82) is 0 Å². The summed E-state index contributed by atoms with van der Waals surface area (Å²) in [6.45, 7) is 9.22. The molecule has 1 aromatic heterocycles. The normalized spacial score (nSPS) is 16.3. The molecule has 0 bridgehead atoms. The van der Waals surface area contributed by atoms with E-state index in [1.807, 2.05) is 56.9 Å². The SMILES string of the molecule is CC[C@H](C)N(CC(=O)N1CCc2sccc2[C@H]1COc1cccc(OC)c1)C(=O)CC(C)C. The zero-order valence-corrected chi connectivity index (χ0v) is 21.2. The number of methoxy groups -OCH3 is 1. The van der Waals surface area contributed by atoms with Gasteiger partial charge in [-0.3, -0.25) is 9.59 Å². The predicted molar refractivity (Wildman–Crippen MR) is 132 cm³/mol. The van der Waals surface area contributed by atoms with E-state index in [9.17, 15) is 9.59 Å². The number of benzene rings is 1. The molecule has 2 atom stereocenters. The first-order valence-electron chi connectivity index (χ1n) is 11.8. The Morgan fingerprint density at radius 1 is 1.21 bits per heavy atom. The largest absolute Gasteiger partial charge is 0.497 e. The molecule has 3 rings (SSSR count). The van der Waals surface area contributed by atoms with Crippen LogP contribution in [0.4, 0.5) is 0 Å². The van der Waals surface area contributed by atoms with Gasteiger partial charge >= 0.3 is 0 Å². The van der Waals surface area contributed by atoms with Crippen molar-refractivity contribution in [3.05, 3.63) is 46.2 Å². The molecule has 0 saturated heterocycles. The smallest absolute Gasteiger partial charge is 0.242 e. The lowest BCUT2D eigenvalue weighted by Gasteiger charge is -2.38. The molecule has 0 spiro atoms. The van der Waals surface area contributed by atoms with Gasteiger partial charge in [-0.1, -0.05) is 26.8 Å². The van der Waals surface area contributed by atoms with E-state index < -0.39 is 0 Å². The summed E-state index contributed by atoms with van der Waals surface area (Å²) in [5, 5.41) is 2.08. The molecular weight excluding hydrogens is 436 g/mol. The molecular formula is C26H36N2O4S. The van der Waals surface area contributed by atoms with E-state index in [0.717, 1.165) is 24.2 Å². The maximum atomic E-state index is 13.5. The minimum atomic E-state index is -0.183. The molecule has 0 aliphatic carbocycles. The van der Waals surface area contributed by atoms with E-state index in [1.54, 1.807) is 23.3 Å². The second-order valence-corrected chi connectivity index (χ2v) is 10.0. The van der Waals surface area contributed by atoms with E-state index >= 15 is 0 Å². The standard InChI is InChI=1S/C26H36N2O4S/c1-6-19(4)28(25(29)14-18(2)3)16-26(30)27-12-10-24-22(11-13-33-24)23(27)17-32-21-9-7-8-20(15-21)31-5/h7-9,11,13,15,18-19,23H,6,10,12,14,16-17H2,1-5H3/t19-,23+/m0/s1. The fourth-order valence-electron chi connectivity index (χ4n) is 4.15. The number of ether oxygens (including phenoxy) is 2. The van der Waals surface area contributed by atoms with Crippen molar-refractivity contribution < 1.29 is 19.1 Å². The lowest BCUT2D eigenvalue weighted by molar-refractivity contribution is -0.144. The van der Waals surface area contributed by atoms with Crippen LogP contribution in [0.15, 0.2) is 35.7 Å². The van der Waals surface area contributed by atoms with Gasteiger partial charge in [0, 0.05) is 30.0 Å². The van der Waals surface area contributed by atoms with Gasteiger partial charge in [-0.25, -0.2) is 0 Å². The Hall–Kier alpha value is -2.54. The molecule has 7 heteroatoms. The van der Waals surface area contributed by atoms with Crippen molar-refractivity contribution in [1.82, 2.24) is 9.80 Å². The fraction of sp³-hybridized carbons (Fsp3) is 0.538. The second-order valence-electron chi connectivity index (χ2n) is 9.02. The first kappa shape index (κ1) is 25.1. The van der Waals surface area contributed by atoms with E-state index in [-0.39, 0.29) is 36.4 Å². The van der Waals surface area contributed by atoms with Crippen molar-refractivity contribution in [2.24, 2.45) is 5.92 Å². The number of hydrogen-bond acceptors (Lipinski definition) is 5. The summed E-state index contributed by atoms with van der Waals surface area (Å²) in [5.41, 5.74) is 1.14. The molecule has 1 aliphatic heterocycles. The van der Waals surface area contributed by atoms with Gasteiger partial charge in [0.25, 0.3) is 0 Å². The van der Waals surface area contributed by atoms with E-state index in [4.69, 9.17) is 9.47 Å². The monoisotopic (exact) mass is 472 g/mol. The van der Waals surface area contributed by atoms with Crippen LogP contribution in [0.5, 0.6) is 11.5 Å². The van der Waals surface area contributed by atoms with Crippen molar-refractivity contribution in [3.63, 3.8) is 0 Å². The summed E-state index contributed by atoms with van der Waals surface area (Å²) in [6.07, 6.45) is 2.10. The topological polar surface area (TPSA) is 59.1 Å². The minimum Gasteiger partial charge on any atom is -0.497 e. The summed E-state index contributed by atoms with van der Waals surface area (Å²) >= 11 is 1.73. The third-order valence-electron chi connectivity index (χ3n) is 6.20. The highest BCUT2D eigenvalue weighted by atomic mass is 32.1. The van der Waals surface area contributed by atoms with Gasteiger partial charge in [0.1, 0.15) is 24.7 Å². The lowest BCUT2D eigenvalue weighted by atomic mass is 10.00. The maximum Gasteiger partial charge on any atom is 0.242 e. The quantitative estimate of drug-likeness (QED) is 0.492. The number of carbonyl (C=O) groups is 2. The van der Waals surface area contributed by atoms with E-state index in [2.05, 4.69) is 11.4 Å². The summed E-state index contributed by atoms with van der Waals surface area (Å²) in [6, 6.07) is 9.43. The van der Waals surface area contributed by atoms with Gasteiger partial charge in [0.15, 0.2) is 0 Å². The Bertz CT molecular complexity index is 942. The summed E-state index contributed by atoms with van der Waals surface area (Å²) in [4.78, 5) is 31.4. The molecule has 2 aromatic rings. The highest BCUT2D eigenvalue weighted by molar-refractivity contribution is 7.10. The third kappa shape index (κ3) is 6.28. The minimum absolute atomic E-state index is 0.0215. The highest BCUT2D eigenvalue weighted by Gasteiger charge is 2.34. The number of amides is 2.